The van der Waals surface area contributed by atoms with Crippen molar-refractivity contribution in [2.45, 2.75) is 39.5 Å². The molecular formula is C10H16. The van der Waals surface area contributed by atoms with Crippen LogP contribution in [0, 0.1) is 11.8 Å². The lowest BCUT2D eigenvalue weighted by atomic mass is 10.3. The molecule has 0 N–H and O–H groups in total. The number of allylic oxidation sites excluding steroid dienone is 2. The van der Waals surface area contributed by atoms with Gasteiger partial charge in [-0.2, -0.15) is 0 Å². The van der Waals surface area contributed by atoms with Gasteiger partial charge in [0.15, 0.2) is 0 Å². The van der Waals surface area contributed by atoms with E-state index in [0.717, 1.165) is 19.3 Å². The number of hydrogen-bond acceptors (Lipinski definition) is 0. The summed E-state index contributed by atoms with van der Waals surface area (Å²) < 4.78 is 0. The fourth-order valence-corrected chi connectivity index (χ4v) is 0.565. The van der Waals surface area contributed by atoms with E-state index in [4.69, 9.17) is 0 Å². The Bertz CT molecular complexity index is 132. The van der Waals surface area contributed by atoms with Gasteiger partial charge in [0, 0.05) is 6.42 Å². The predicted octanol–water partition coefficient (Wildman–Crippen LogP) is 3.15. The maximum Gasteiger partial charge on any atom is 0.00896 e. The number of unbranched alkanes of at least 4 members (excludes halogenated alkanes) is 2. The van der Waals surface area contributed by atoms with Crippen molar-refractivity contribution in [3.63, 3.8) is 0 Å². The van der Waals surface area contributed by atoms with Crippen molar-refractivity contribution in [3.8, 4) is 11.8 Å². The van der Waals surface area contributed by atoms with E-state index in [1.54, 1.807) is 0 Å². The summed E-state index contributed by atoms with van der Waals surface area (Å²) >= 11 is 0. The molecule has 0 bridgehead atoms. The molecule has 0 saturated carbocycles. The first-order chi connectivity index (χ1) is 4.91. The molecule has 0 atom stereocenters. The highest BCUT2D eigenvalue weighted by Gasteiger charge is 1.69. The first-order valence-electron chi connectivity index (χ1n) is 4.05. The van der Waals surface area contributed by atoms with Crippen LogP contribution in [0.25, 0.3) is 0 Å². The van der Waals surface area contributed by atoms with Crippen molar-refractivity contribution >= 4 is 0 Å². The second-order valence-electron chi connectivity index (χ2n) is 2.26. The Kier molecular flexibility index (Phi) is 7.72. The molecule has 0 aliphatic rings. The molecule has 0 amide bonds. The minimum Gasteiger partial charge on any atom is -0.0985 e. The van der Waals surface area contributed by atoms with E-state index in [9.17, 15) is 0 Å². The smallest absolute Gasteiger partial charge is 0.00896 e. The lowest BCUT2D eigenvalue weighted by molar-refractivity contribution is 0.959. The van der Waals surface area contributed by atoms with E-state index in [1.807, 2.05) is 6.08 Å². The zero-order valence-corrected chi connectivity index (χ0v) is 6.98. The Morgan fingerprint density at radius 2 is 2.00 bits per heavy atom. The van der Waals surface area contributed by atoms with Crippen LogP contribution < -0.4 is 0 Å². The Hall–Kier alpha value is -0.700. The molecule has 0 rings (SSSR count). The van der Waals surface area contributed by atoms with Crippen LogP contribution in [0.3, 0.4) is 0 Å². The third kappa shape index (κ3) is 7.30. The maximum absolute atomic E-state index is 3.06. The molecule has 0 heteroatoms. The van der Waals surface area contributed by atoms with Crippen molar-refractivity contribution in [2.24, 2.45) is 0 Å². The Morgan fingerprint density at radius 1 is 1.20 bits per heavy atom. The zero-order chi connectivity index (χ0) is 7.66. The zero-order valence-electron chi connectivity index (χ0n) is 6.98. The van der Waals surface area contributed by atoms with Gasteiger partial charge in [-0.3, -0.25) is 0 Å². The Balaban J connectivity index is 3.25. The molecule has 0 heterocycles. The van der Waals surface area contributed by atoms with Gasteiger partial charge in [-0.1, -0.05) is 38.2 Å². The lowest BCUT2D eigenvalue weighted by Gasteiger charge is -1.78. The Labute approximate surface area is 64.3 Å². The molecule has 0 aromatic carbocycles. The van der Waals surface area contributed by atoms with E-state index >= 15 is 0 Å². The number of hydrogen-bond donors (Lipinski definition) is 0. The van der Waals surface area contributed by atoms with Crippen LogP contribution >= 0.6 is 0 Å². The van der Waals surface area contributed by atoms with Gasteiger partial charge in [0.05, 0.1) is 0 Å². The summed E-state index contributed by atoms with van der Waals surface area (Å²) in [6, 6.07) is 0. The van der Waals surface area contributed by atoms with Gasteiger partial charge < -0.3 is 0 Å². The van der Waals surface area contributed by atoms with E-state index in [2.05, 4.69) is 31.8 Å². The van der Waals surface area contributed by atoms with Crippen LogP contribution in [0.1, 0.15) is 39.5 Å². The van der Waals surface area contributed by atoms with Gasteiger partial charge in [0.1, 0.15) is 0 Å². The van der Waals surface area contributed by atoms with Crippen molar-refractivity contribution in [3.05, 3.63) is 12.2 Å². The van der Waals surface area contributed by atoms with Gasteiger partial charge in [0.25, 0.3) is 0 Å². The molecule has 0 radical (unpaired) electrons. The van der Waals surface area contributed by atoms with Gasteiger partial charge >= 0.3 is 0 Å². The van der Waals surface area contributed by atoms with Crippen LogP contribution in [0.4, 0.5) is 0 Å². The SMILES string of the molecule is CCCC#C/C=C/CCC. The summed E-state index contributed by atoms with van der Waals surface area (Å²) in [6.45, 7) is 4.31. The summed E-state index contributed by atoms with van der Waals surface area (Å²) in [4.78, 5) is 0. The van der Waals surface area contributed by atoms with Gasteiger partial charge in [-0.05, 0) is 18.9 Å². The molecular weight excluding hydrogens is 120 g/mol. The van der Waals surface area contributed by atoms with Crippen LogP contribution in [0.2, 0.25) is 0 Å². The second-order valence-corrected chi connectivity index (χ2v) is 2.26. The Morgan fingerprint density at radius 3 is 2.60 bits per heavy atom. The van der Waals surface area contributed by atoms with Gasteiger partial charge in [-0.15, -0.1) is 0 Å². The fraction of sp³-hybridized carbons (Fsp3) is 0.600. The first kappa shape index (κ1) is 9.30. The summed E-state index contributed by atoms with van der Waals surface area (Å²) in [5.41, 5.74) is 0. The molecule has 0 aromatic heterocycles. The van der Waals surface area contributed by atoms with Crippen LogP contribution in [0.15, 0.2) is 12.2 Å². The summed E-state index contributed by atoms with van der Waals surface area (Å²) in [7, 11) is 0. The lowest BCUT2D eigenvalue weighted by Crippen LogP contribution is -1.61. The summed E-state index contributed by atoms with van der Waals surface area (Å²) in [6.07, 6.45) is 8.64. The average molecular weight is 136 g/mol. The third-order valence-electron chi connectivity index (χ3n) is 1.13. The average Bonchev–Trinajstić information content (AvgIpc) is 1.97. The maximum atomic E-state index is 3.06. The minimum absolute atomic E-state index is 1.02. The molecule has 0 aliphatic heterocycles. The van der Waals surface area contributed by atoms with Crippen molar-refractivity contribution in [1.82, 2.24) is 0 Å². The highest BCUT2D eigenvalue weighted by atomic mass is 13.7. The third-order valence-corrected chi connectivity index (χ3v) is 1.13. The minimum atomic E-state index is 1.02. The first-order valence-corrected chi connectivity index (χ1v) is 4.05. The van der Waals surface area contributed by atoms with Crippen LogP contribution in [-0.2, 0) is 0 Å². The van der Waals surface area contributed by atoms with E-state index in [-0.39, 0.29) is 0 Å². The second kappa shape index (κ2) is 8.30. The fourth-order valence-electron chi connectivity index (χ4n) is 0.565. The van der Waals surface area contributed by atoms with Gasteiger partial charge in [-0.25, -0.2) is 0 Å². The van der Waals surface area contributed by atoms with E-state index < -0.39 is 0 Å². The molecule has 0 saturated heterocycles. The molecule has 0 aromatic rings. The van der Waals surface area contributed by atoms with Crippen LogP contribution in [-0.4, -0.2) is 0 Å². The normalized spacial score (nSPS) is 9.40. The number of rotatable bonds is 3. The molecule has 0 aliphatic carbocycles. The summed E-state index contributed by atoms with van der Waals surface area (Å²) in [5.74, 6) is 6.05. The molecule has 0 unspecified atom stereocenters. The standard InChI is InChI=1S/C10H16/c1-3-5-7-9-10-8-6-4-2/h7,9H,3-6H2,1-2H3/b9-7+. The highest BCUT2D eigenvalue weighted by molar-refractivity contribution is 5.14. The molecule has 0 fully saturated rings. The van der Waals surface area contributed by atoms with Gasteiger partial charge in [0.2, 0.25) is 0 Å². The summed E-state index contributed by atoms with van der Waals surface area (Å²) in [5, 5.41) is 0. The highest BCUT2D eigenvalue weighted by Crippen LogP contribution is 1.87. The van der Waals surface area contributed by atoms with E-state index in [0.29, 0.717) is 0 Å². The molecule has 10 heavy (non-hydrogen) atoms. The van der Waals surface area contributed by atoms with Crippen LogP contribution in [0.5, 0.6) is 0 Å². The topological polar surface area (TPSA) is 0 Å². The monoisotopic (exact) mass is 136 g/mol. The van der Waals surface area contributed by atoms with Crippen molar-refractivity contribution in [2.75, 3.05) is 0 Å². The van der Waals surface area contributed by atoms with Crippen molar-refractivity contribution in [1.29, 1.82) is 0 Å². The molecule has 56 valence electrons. The van der Waals surface area contributed by atoms with E-state index in [1.165, 1.54) is 6.42 Å². The molecule has 0 spiro atoms. The largest absolute Gasteiger partial charge is 0.0985 e. The van der Waals surface area contributed by atoms with Crippen molar-refractivity contribution < 1.29 is 0 Å². The predicted molar refractivity (Wildman–Crippen MR) is 46.7 cm³/mol. The molecule has 0 nitrogen and oxygen atoms in total. The quantitative estimate of drug-likeness (QED) is 0.523.